The minimum Gasteiger partial charge on any atom is -0.496 e. The predicted molar refractivity (Wildman–Crippen MR) is 128 cm³/mol. The number of aliphatic hydroxyl groups is 1. The molecule has 168 valence electrons. The molecule has 8 heteroatoms. The molecule has 0 fully saturated rings. The first kappa shape index (κ1) is 21.0. The smallest absolute Gasteiger partial charge is 0.204 e. The minimum atomic E-state index is 0.0160. The lowest BCUT2D eigenvalue weighted by molar-refractivity contribution is 0.310. The number of hydrogen-bond donors (Lipinski definition) is 2. The van der Waals surface area contributed by atoms with Crippen LogP contribution in [0.3, 0.4) is 0 Å². The Balaban J connectivity index is 1.76. The van der Waals surface area contributed by atoms with Gasteiger partial charge in [0, 0.05) is 17.5 Å². The standard InChI is InChI=1S/C25H25N5O3/c1-15-23(16(2)33-29-15)19-11-20-18(12-22(19)32-3)24-21(13-27-20)28-25(26-9-10-31)30(24)14-17-7-5-4-6-8-17/h4-8,11-13,31H,9-10,14H2,1-3H3,(H,26,28). The summed E-state index contributed by atoms with van der Waals surface area (Å²) in [7, 11) is 1.66. The van der Waals surface area contributed by atoms with E-state index in [1.807, 2.05) is 44.2 Å². The first-order valence-electron chi connectivity index (χ1n) is 10.8. The Morgan fingerprint density at radius 2 is 1.94 bits per heavy atom. The van der Waals surface area contributed by atoms with E-state index in [-0.39, 0.29) is 6.61 Å². The molecular weight excluding hydrogens is 418 g/mol. The molecule has 0 saturated carbocycles. The van der Waals surface area contributed by atoms with Crippen molar-refractivity contribution >= 4 is 27.9 Å². The van der Waals surface area contributed by atoms with Gasteiger partial charge >= 0.3 is 0 Å². The van der Waals surface area contributed by atoms with E-state index in [1.54, 1.807) is 13.3 Å². The molecule has 5 rings (SSSR count). The third-order valence-electron chi connectivity index (χ3n) is 5.77. The van der Waals surface area contributed by atoms with Gasteiger partial charge in [0.1, 0.15) is 17.0 Å². The molecule has 0 atom stereocenters. The van der Waals surface area contributed by atoms with E-state index in [1.165, 1.54) is 0 Å². The van der Waals surface area contributed by atoms with Crippen molar-refractivity contribution in [2.24, 2.45) is 0 Å². The Labute approximate surface area is 190 Å². The molecule has 8 nitrogen and oxygen atoms in total. The summed E-state index contributed by atoms with van der Waals surface area (Å²) < 4.78 is 13.3. The van der Waals surface area contributed by atoms with Crippen molar-refractivity contribution in [1.82, 2.24) is 19.7 Å². The SMILES string of the molecule is COc1cc2c(cc1-c1c(C)noc1C)ncc1nc(NCCO)n(Cc3ccccc3)c12. The van der Waals surface area contributed by atoms with Crippen molar-refractivity contribution in [3.63, 3.8) is 0 Å². The van der Waals surface area contributed by atoms with Crippen LogP contribution in [0, 0.1) is 13.8 Å². The average molecular weight is 444 g/mol. The zero-order valence-electron chi connectivity index (χ0n) is 18.8. The van der Waals surface area contributed by atoms with Crippen molar-refractivity contribution in [2.45, 2.75) is 20.4 Å². The molecule has 3 aromatic heterocycles. The second-order valence-electron chi connectivity index (χ2n) is 7.92. The highest BCUT2D eigenvalue weighted by molar-refractivity contribution is 6.05. The highest BCUT2D eigenvalue weighted by atomic mass is 16.5. The number of benzene rings is 2. The third-order valence-corrected chi connectivity index (χ3v) is 5.77. The van der Waals surface area contributed by atoms with Crippen LogP contribution in [0.15, 0.2) is 53.2 Å². The van der Waals surface area contributed by atoms with E-state index >= 15 is 0 Å². The summed E-state index contributed by atoms with van der Waals surface area (Å²) in [5, 5.41) is 17.6. The van der Waals surface area contributed by atoms with E-state index in [9.17, 15) is 5.11 Å². The van der Waals surface area contributed by atoms with Gasteiger partial charge in [-0.25, -0.2) is 4.98 Å². The van der Waals surface area contributed by atoms with Crippen LogP contribution in [0.1, 0.15) is 17.0 Å². The van der Waals surface area contributed by atoms with Gasteiger partial charge in [0.25, 0.3) is 0 Å². The zero-order valence-corrected chi connectivity index (χ0v) is 18.8. The van der Waals surface area contributed by atoms with E-state index in [0.717, 1.165) is 50.1 Å². The second-order valence-corrected chi connectivity index (χ2v) is 7.92. The summed E-state index contributed by atoms with van der Waals surface area (Å²) in [6, 6.07) is 14.2. The van der Waals surface area contributed by atoms with Gasteiger partial charge in [-0.15, -0.1) is 0 Å². The Morgan fingerprint density at radius 3 is 2.64 bits per heavy atom. The van der Waals surface area contributed by atoms with Gasteiger partial charge in [-0.2, -0.15) is 0 Å². The van der Waals surface area contributed by atoms with Gasteiger partial charge in [0.15, 0.2) is 0 Å². The molecule has 2 aromatic carbocycles. The van der Waals surface area contributed by atoms with Crippen LogP contribution in [0.25, 0.3) is 33.1 Å². The predicted octanol–water partition coefficient (Wildman–Crippen LogP) is 4.32. The van der Waals surface area contributed by atoms with Crippen molar-refractivity contribution in [2.75, 3.05) is 25.6 Å². The van der Waals surface area contributed by atoms with Crippen LogP contribution in [0.2, 0.25) is 0 Å². The van der Waals surface area contributed by atoms with Crippen LogP contribution in [-0.2, 0) is 6.54 Å². The molecule has 0 aliphatic carbocycles. The molecule has 2 N–H and O–H groups in total. The number of ether oxygens (including phenoxy) is 1. The number of pyridine rings is 1. The summed E-state index contributed by atoms with van der Waals surface area (Å²) >= 11 is 0. The van der Waals surface area contributed by atoms with Gasteiger partial charge in [0.05, 0.1) is 48.7 Å². The van der Waals surface area contributed by atoms with Crippen molar-refractivity contribution in [3.05, 3.63) is 65.7 Å². The summed E-state index contributed by atoms with van der Waals surface area (Å²) in [5.41, 5.74) is 6.30. The molecular formula is C25H25N5O3. The molecule has 33 heavy (non-hydrogen) atoms. The number of anilines is 1. The maximum absolute atomic E-state index is 9.35. The summed E-state index contributed by atoms with van der Waals surface area (Å²) in [4.78, 5) is 9.46. The van der Waals surface area contributed by atoms with E-state index in [0.29, 0.717) is 24.8 Å². The lowest BCUT2D eigenvalue weighted by Gasteiger charge is -2.13. The molecule has 0 aliphatic heterocycles. The van der Waals surface area contributed by atoms with Gasteiger partial charge in [-0.05, 0) is 31.5 Å². The number of nitrogens with one attached hydrogen (secondary N) is 1. The van der Waals surface area contributed by atoms with Crippen molar-refractivity contribution < 1.29 is 14.4 Å². The fourth-order valence-corrected chi connectivity index (χ4v) is 4.29. The summed E-state index contributed by atoms with van der Waals surface area (Å²) in [6.45, 7) is 4.85. The Hall–Kier alpha value is -3.91. The molecule has 0 spiro atoms. The number of fused-ring (bicyclic) bond motifs is 3. The number of rotatable bonds is 7. The summed E-state index contributed by atoms with van der Waals surface area (Å²) in [5.74, 6) is 2.13. The lowest BCUT2D eigenvalue weighted by atomic mass is 10.0. The molecule has 0 unspecified atom stereocenters. The fraction of sp³-hybridized carbons (Fsp3) is 0.240. The number of aromatic nitrogens is 4. The number of aliphatic hydroxyl groups excluding tert-OH is 1. The quantitative estimate of drug-likeness (QED) is 0.387. The van der Waals surface area contributed by atoms with Crippen LogP contribution in [0.5, 0.6) is 5.75 Å². The number of aryl methyl sites for hydroxylation is 2. The van der Waals surface area contributed by atoms with Crippen LogP contribution >= 0.6 is 0 Å². The van der Waals surface area contributed by atoms with Gasteiger partial charge < -0.3 is 24.3 Å². The third kappa shape index (κ3) is 3.68. The Bertz CT molecular complexity index is 1420. The first-order valence-corrected chi connectivity index (χ1v) is 10.8. The Morgan fingerprint density at radius 1 is 1.12 bits per heavy atom. The van der Waals surface area contributed by atoms with Gasteiger partial charge in [-0.3, -0.25) is 4.98 Å². The molecule has 0 bridgehead atoms. The van der Waals surface area contributed by atoms with Crippen molar-refractivity contribution in [1.29, 1.82) is 0 Å². The Kier molecular flexibility index (Phi) is 5.43. The lowest BCUT2D eigenvalue weighted by Crippen LogP contribution is -2.12. The summed E-state index contributed by atoms with van der Waals surface area (Å²) in [6.07, 6.45) is 1.78. The molecule has 5 aromatic rings. The zero-order chi connectivity index (χ0) is 22.9. The highest BCUT2D eigenvalue weighted by Crippen LogP contribution is 2.39. The number of imidazole rings is 1. The highest BCUT2D eigenvalue weighted by Gasteiger charge is 2.20. The first-order chi connectivity index (χ1) is 16.1. The van der Waals surface area contributed by atoms with E-state index < -0.39 is 0 Å². The topological polar surface area (TPSA) is 98.2 Å². The largest absolute Gasteiger partial charge is 0.496 e. The van der Waals surface area contributed by atoms with Crippen molar-refractivity contribution in [3.8, 4) is 16.9 Å². The molecule has 0 aliphatic rings. The molecule has 0 amide bonds. The normalized spacial score (nSPS) is 11.4. The minimum absolute atomic E-state index is 0.0160. The average Bonchev–Trinajstić information content (AvgIpc) is 3.36. The maximum atomic E-state index is 9.35. The van der Waals surface area contributed by atoms with E-state index in [2.05, 4.69) is 27.2 Å². The van der Waals surface area contributed by atoms with Crippen LogP contribution in [-0.4, -0.2) is 45.1 Å². The maximum Gasteiger partial charge on any atom is 0.204 e. The van der Waals surface area contributed by atoms with Crippen LogP contribution < -0.4 is 10.1 Å². The molecule has 0 radical (unpaired) electrons. The number of nitrogens with zero attached hydrogens (tertiary/aromatic N) is 4. The van der Waals surface area contributed by atoms with E-state index in [4.69, 9.17) is 19.2 Å². The van der Waals surface area contributed by atoms with Gasteiger partial charge in [0.2, 0.25) is 5.95 Å². The second kappa shape index (κ2) is 8.55. The van der Waals surface area contributed by atoms with Gasteiger partial charge in [-0.1, -0.05) is 35.5 Å². The number of methoxy groups -OCH3 is 1. The fourth-order valence-electron chi connectivity index (χ4n) is 4.29. The number of hydrogen-bond acceptors (Lipinski definition) is 7. The molecule has 3 heterocycles. The van der Waals surface area contributed by atoms with Crippen LogP contribution in [0.4, 0.5) is 5.95 Å². The molecule has 0 saturated heterocycles. The monoisotopic (exact) mass is 443 g/mol.